The Labute approximate surface area is 67.8 Å². The molecule has 0 radical (unpaired) electrons. The van der Waals surface area contributed by atoms with Crippen LogP contribution in [0.1, 0.15) is 20.3 Å². The van der Waals surface area contributed by atoms with Gasteiger partial charge in [0.05, 0.1) is 6.61 Å². The average Bonchev–Trinajstić information content (AvgIpc) is 1.99. The van der Waals surface area contributed by atoms with E-state index in [0.29, 0.717) is 0 Å². The molecule has 0 unspecified atom stereocenters. The summed E-state index contributed by atoms with van der Waals surface area (Å²) in [7, 11) is 0. The fourth-order valence-electron chi connectivity index (χ4n) is 0.577. The Balaban J connectivity index is 3.27. The third-order valence-electron chi connectivity index (χ3n) is 1.18. The summed E-state index contributed by atoms with van der Waals surface area (Å²) in [5.74, 6) is 0. The molecule has 0 fully saturated rings. The predicted octanol–water partition coefficient (Wildman–Crippen LogP) is 2.68. The lowest BCUT2D eigenvalue weighted by molar-refractivity contribution is 0.161. The molecule has 2 heteroatoms. The highest BCUT2D eigenvalue weighted by molar-refractivity contribution is 8.02. The maximum Gasteiger partial charge on any atom is 0.0772 e. The molecule has 0 amide bonds. The van der Waals surface area contributed by atoms with Crippen molar-refractivity contribution in [1.29, 1.82) is 0 Å². The van der Waals surface area contributed by atoms with E-state index in [0.717, 1.165) is 19.6 Å². The number of hydrogen-bond donors (Lipinski definition) is 0. The average molecular weight is 160 g/mol. The minimum atomic E-state index is 0.783. The van der Waals surface area contributed by atoms with E-state index >= 15 is 0 Å². The van der Waals surface area contributed by atoms with Gasteiger partial charge in [-0.3, -0.25) is 0 Å². The summed E-state index contributed by atoms with van der Waals surface area (Å²) in [6, 6.07) is 0. The second-order valence-corrected chi connectivity index (χ2v) is 2.94. The van der Waals surface area contributed by atoms with Gasteiger partial charge in [0.1, 0.15) is 0 Å². The molecule has 0 aromatic rings. The molecule has 0 bridgehead atoms. The molecule has 0 heterocycles. The van der Waals surface area contributed by atoms with Crippen LogP contribution >= 0.6 is 11.8 Å². The topological polar surface area (TPSA) is 9.23 Å². The maximum atomic E-state index is 5.34. The van der Waals surface area contributed by atoms with Crippen molar-refractivity contribution in [2.45, 2.75) is 20.3 Å². The SMILES string of the molecule is C/C=C(/COCCC)SC. The van der Waals surface area contributed by atoms with E-state index in [1.54, 1.807) is 11.8 Å². The van der Waals surface area contributed by atoms with Gasteiger partial charge in [0.25, 0.3) is 0 Å². The molecule has 1 nitrogen and oxygen atoms in total. The van der Waals surface area contributed by atoms with Crippen LogP contribution < -0.4 is 0 Å². The van der Waals surface area contributed by atoms with Gasteiger partial charge < -0.3 is 4.74 Å². The summed E-state index contributed by atoms with van der Waals surface area (Å²) in [6.07, 6.45) is 5.27. The van der Waals surface area contributed by atoms with Gasteiger partial charge in [0.15, 0.2) is 0 Å². The van der Waals surface area contributed by atoms with E-state index < -0.39 is 0 Å². The fourth-order valence-corrected chi connectivity index (χ4v) is 1.01. The Morgan fingerprint density at radius 1 is 1.60 bits per heavy atom. The van der Waals surface area contributed by atoms with Crippen LogP contribution in [0.15, 0.2) is 11.0 Å². The zero-order valence-corrected chi connectivity index (χ0v) is 7.83. The van der Waals surface area contributed by atoms with Crippen molar-refractivity contribution in [1.82, 2.24) is 0 Å². The molecular weight excluding hydrogens is 144 g/mol. The highest BCUT2D eigenvalue weighted by Crippen LogP contribution is 2.10. The van der Waals surface area contributed by atoms with E-state index in [-0.39, 0.29) is 0 Å². The van der Waals surface area contributed by atoms with Crippen molar-refractivity contribution in [3.63, 3.8) is 0 Å². The van der Waals surface area contributed by atoms with Crippen LogP contribution in [0.5, 0.6) is 0 Å². The third kappa shape index (κ3) is 4.89. The Bertz CT molecular complexity index is 99.4. The largest absolute Gasteiger partial charge is 0.376 e. The highest BCUT2D eigenvalue weighted by Gasteiger charge is 1.91. The fraction of sp³-hybridized carbons (Fsp3) is 0.750. The molecule has 0 aromatic heterocycles. The highest BCUT2D eigenvalue weighted by atomic mass is 32.2. The zero-order valence-electron chi connectivity index (χ0n) is 7.02. The number of rotatable bonds is 5. The molecule has 60 valence electrons. The molecule has 0 aliphatic carbocycles. The summed E-state index contributed by atoms with van der Waals surface area (Å²) >= 11 is 1.76. The van der Waals surface area contributed by atoms with Crippen LogP contribution in [0.2, 0.25) is 0 Å². The molecule has 0 rings (SSSR count). The van der Waals surface area contributed by atoms with Crippen molar-refractivity contribution >= 4 is 11.8 Å². The number of allylic oxidation sites excluding steroid dienone is 1. The van der Waals surface area contributed by atoms with Gasteiger partial charge in [-0.15, -0.1) is 11.8 Å². The van der Waals surface area contributed by atoms with Gasteiger partial charge in [-0.05, 0) is 19.6 Å². The maximum absolute atomic E-state index is 5.34. The van der Waals surface area contributed by atoms with Crippen LogP contribution in [0.3, 0.4) is 0 Å². The first-order valence-corrected chi connectivity index (χ1v) is 4.84. The van der Waals surface area contributed by atoms with Gasteiger partial charge in [-0.2, -0.15) is 0 Å². The molecule has 0 saturated heterocycles. The number of hydrogen-bond acceptors (Lipinski definition) is 2. The summed E-state index contributed by atoms with van der Waals surface area (Å²) in [4.78, 5) is 1.31. The monoisotopic (exact) mass is 160 g/mol. The van der Waals surface area contributed by atoms with Gasteiger partial charge >= 0.3 is 0 Å². The molecule has 0 aromatic carbocycles. The Kier molecular flexibility index (Phi) is 7.20. The lowest BCUT2D eigenvalue weighted by Gasteiger charge is -2.02. The second-order valence-electron chi connectivity index (χ2n) is 2.01. The molecule has 10 heavy (non-hydrogen) atoms. The molecule has 0 saturated carbocycles. The van der Waals surface area contributed by atoms with E-state index in [1.807, 2.05) is 6.92 Å². The minimum absolute atomic E-state index is 0.783. The first kappa shape index (κ1) is 10.0. The zero-order chi connectivity index (χ0) is 7.82. The van der Waals surface area contributed by atoms with Crippen LogP contribution in [-0.4, -0.2) is 19.5 Å². The Hall–Kier alpha value is 0.0500. The van der Waals surface area contributed by atoms with Crippen molar-refractivity contribution in [3.05, 3.63) is 11.0 Å². The van der Waals surface area contributed by atoms with Crippen LogP contribution in [0, 0.1) is 0 Å². The van der Waals surface area contributed by atoms with Crippen LogP contribution in [0.25, 0.3) is 0 Å². The second kappa shape index (κ2) is 7.16. The first-order valence-electron chi connectivity index (χ1n) is 3.62. The molecule has 0 spiro atoms. The molecule has 0 aliphatic rings. The first-order chi connectivity index (χ1) is 4.85. The molecule has 0 aliphatic heterocycles. The number of ether oxygens (including phenoxy) is 1. The number of thioether (sulfide) groups is 1. The van der Waals surface area contributed by atoms with Gasteiger partial charge in [-0.1, -0.05) is 13.0 Å². The predicted molar refractivity (Wildman–Crippen MR) is 48.4 cm³/mol. The van der Waals surface area contributed by atoms with Gasteiger partial charge in [-0.25, -0.2) is 0 Å². The van der Waals surface area contributed by atoms with Gasteiger partial charge in [0.2, 0.25) is 0 Å². The quantitative estimate of drug-likeness (QED) is 0.572. The smallest absolute Gasteiger partial charge is 0.0772 e. The summed E-state index contributed by atoms with van der Waals surface area (Å²) in [5, 5.41) is 0. The Morgan fingerprint density at radius 2 is 2.30 bits per heavy atom. The molecule has 0 atom stereocenters. The third-order valence-corrected chi connectivity index (χ3v) is 2.05. The van der Waals surface area contributed by atoms with E-state index in [1.165, 1.54) is 4.91 Å². The minimum Gasteiger partial charge on any atom is -0.376 e. The molecule has 0 N–H and O–H groups in total. The Morgan fingerprint density at radius 3 is 2.70 bits per heavy atom. The van der Waals surface area contributed by atoms with Crippen molar-refractivity contribution in [2.75, 3.05) is 19.5 Å². The summed E-state index contributed by atoms with van der Waals surface area (Å²) in [5.41, 5.74) is 0. The lowest BCUT2D eigenvalue weighted by Crippen LogP contribution is -1.96. The van der Waals surface area contributed by atoms with E-state index in [9.17, 15) is 0 Å². The van der Waals surface area contributed by atoms with Crippen LogP contribution in [-0.2, 0) is 4.74 Å². The summed E-state index contributed by atoms with van der Waals surface area (Å²) < 4.78 is 5.34. The van der Waals surface area contributed by atoms with E-state index in [4.69, 9.17) is 4.74 Å². The van der Waals surface area contributed by atoms with Gasteiger partial charge in [0, 0.05) is 11.5 Å². The van der Waals surface area contributed by atoms with Crippen molar-refractivity contribution < 1.29 is 4.74 Å². The van der Waals surface area contributed by atoms with E-state index in [2.05, 4.69) is 19.3 Å². The summed E-state index contributed by atoms with van der Waals surface area (Å²) in [6.45, 7) is 5.82. The van der Waals surface area contributed by atoms with Crippen LogP contribution in [0.4, 0.5) is 0 Å². The normalized spacial score (nSPS) is 12.1. The molecular formula is C8H16OS. The van der Waals surface area contributed by atoms with Crippen molar-refractivity contribution in [3.8, 4) is 0 Å². The lowest BCUT2D eigenvalue weighted by atomic mass is 10.5. The van der Waals surface area contributed by atoms with Crippen molar-refractivity contribution in [2.24, 2.45) is 0 Å². The standard InChI is InChI=1S/C8H16OS/c1-4-6-9-7-8(5-2)10-3/h5H,4,6-7H2,1-3H3/b8-5-.